The molecular formula is C21H23Cl2NO3. The Hall–Kier alpha value is -1.75. The standard InChI is InChI=1S/C21H23Cl2NO3/c1-12-6-15(9-24-10-17(11-24)21(25)26)7-13(2)20(12)27-14(3)16-4-5-18(22)19(23)8-16/h4-8,14,17H,9-11H2,1-3H3,(H,25,26). The van der Waals surface area contributed by atoms with E-state index in [2.05, 4.69) is 17.0 Å². The molecule has 1 saturated heterocycles. The predicted molar refractivity (Wildman–Crippen MR) is 108 cm³/mol. The van der Waals surface area contributed by atoms with E-state index in [-0.39, 0.29) is 12.0 Å². The number of rotatable bonds is 6. The maximum absolute atomic E-state index is 10.9. The molecule has 27 heavy (non-hydrogen) atoms. The largest absolute Gasteiger partial charge is 0.485 e. The van der Waals surface area contributed by atoms with Crippen LogP contribution < -0.4 is 4.74 Å². The number of carboxylic acids is 1. The molecule has 4 nitrogen and oxygen atoms in total. The fourth-order valence-electron chi connectivity index (χ4n) is 3.44. The first-order valence-electron chi connectivity index (χ1n) is 8.91. The molecule has 1 fully saturated rings. The van der Waals surface area contributed by atoms with Gasteiger partial charge in [0.1, 0.15) is 11.9 Å². The lowest BCUT2D eigenvalue weighted by atomic mass is 9.98. The number of aliphatic carboxylic acids is 1. The van der Waals surface area contributed by atoms with Crippen LogP contribution >= 0.6 is 23.2 Å². The van der Waals surface area contributed by atoms with Gasteiger partial charge in [-0.1, -0.05) is 41.4 Å². The highest BCUT2D eigenvalue weighted by atomic mass is 35.5. The van der Waals surface area contributed by atoms with E-state index in [1.807, 2.05) is 32.9 Å². The molecule has 0 radical (unpaired) electrons. The smallest absolute Gasteiger partial charge is 0.309 e. The zero-order chi connectivity index (χ0) is 19.7. The van der Waals surface area contributed by atoms with E-state index in [9.17, 15) is 4.79 Å². The number of nitrogens with zero attached hydrogens (tertiary/aromatic N) is 1. The van der Waals surface area contributed by atoms with Gasteiger partial charge in [-0.25, -0.2) is 0 Å². The molecule has 0 bridgehead atoms. The van der Waals surface area contributed by atoms with Crippen molar-refractivity contribution in [1.29, 1.82) is 0 Å². The van der Waals surface area contributed by atoms with Gasteiger partial charge in [-0.05, 0) is 55.2 Å². The molecule has 6 heteroatoms. The second-order valence-corrected chi connectivity index (χ2v) is 8.04. The van der Waals surface area contributed by atoms with Crippen molar-refractivity contribution in [2.45, 2.75) is 33.4 Å². The first-order chi connectivity index (χ1) is 12.7. The van der Waals surface area contributed by atoms with Crippen molar-refractivity contribution >= 4 is 29.2 Å². The number of hydrogen-bond acceptors (Lipinski definition) is 3. The first-order valence-corrected chi connectivity index (χ1v) is 9.67. The zero-order valence-corrected chi connectivity index (χ0v) is 17.1. The summed E-state index contributed by atoms with van der Waals surface area (Å²) >= 11 is 12.1. The van der Waals surface area contributed by atoms with E-state index in [1.54, 1.807) is 6.07 Å². The van der Waals surface area contributed by atoms with Gasteiger partial charge in [0.2, 0.25) is 0 Å². The maximum atomic E-state index is 10.9. The molecule has 2 aromatic rings. The number of carbonyl (C=O) groups is 1. The second-order valence-electron chi connectivity index (χ2n) is 7.22. The van der Waals surface area contributed by atoms with Crippen LogP contribution in [0.1, 0.15) is 35.3 Å². The summed E-state index contributed by atoms with van der Waals surface area (Å²) in [6.45, 7) is 8.03. The number of ether oxygens (including phenoxy) is 1. The number of carboxylic acid groups (broad SMARTS) is 1. The highest BCUT2D eigenvalue weighted by Crippen LogP contribution is 2.32. The van der Waals surface area contributed by atoms with Crippen LogP contribution in [0.5, 0.6) is 5.75 Å². The van der Waals surface area contributed by atoms with Gasteiger partial charge >= 0.3 is 5.97 Å². The van der Waals surface area contributed by atoms with Crippen LogP contribution in [-0.4, -0.2) is 29.1 Å². The summed E-state index contributed by atoms with van der Waals surface area (Å²) in [4.78, 5) is 13.1. The van der Waals surface area contributed by atoms with Crippen molar-refractivity contribution < 1.29 is 14.6 Å². The van der Waals surface area contributed by atoms with Crippen LogP contribution in [0.4, 0.5) is 0 Å². The van der Waals surface area contributed by atoms with E-state index in [1.165, 1.54) is 5.56 Å². The van der Waals surface area contributed by atoms with Crippen LogP contribution in [0, 0.1) is 19.8 Å². The number of hydrogen-bond donors (Lipinski definition) is 1. The summed E-state index contributed by atoms with van der Waals surface area (Å²) in [6.07, 6.45) is -0.158. The molecule has 0 spiro atoms. The molecule has 0 aromatic heterocycles. The van der Waals surface area contributed by atoms with Gasteiger partial charge in [0.25, 0.3) is 0 Å². The monoisotopic (exact) mass is 407 g/mol. The molecular weight excluding hydrogens is 385 g/mol. The Morgan fingerprint density at radius 1 is 1.19 bits per heavy atom. The summed E-state index contributed by atoms with van der Waals surface area (Å²) in [5.41, 5.74) is 4.26. The van der Waals surface area contributed by atoms with Crippen molar-refractivity contribution in [1.82, 2.24) is 4.90 Å². The van der Waals surface area contributed by atoms with Gasteiger partial charge in [-0.3, -0.25) is 9.69 Å². The topological polar surface area (TPSA) is 49.8 Å². The van der Waals surface area contributed by atoms with Crippen molar-refractivity contribution in [3.05, 3.63) is 62.6 Å². The van der Waals surface area contributed by atoms with Gasteiger partial charge in [0.15, 0.2) is 0 Å². The Morgan fingerprint density at radius 3 is 2.37 bits per heavy atom. The normalized spacial score (nSPS) is 16.0. The summed E-state index contributed by atoms with van der Waals surface area (Å²) in [6, 6.07) is 9.74. The van der Waals surface area contributed by atoms with Gasteiger partial charge < -0.3 is 9.84 Å². The minimum Gasteiger partial charge on any atom is -0.485 e. The van der Waals surface area contributed by atoms with E-state index >= 15 is 0 Å². The second kappa shape index (κ2) is 8.09. The van der Waals surface area contributed by atoms with E-state index in [0.717, 1.165) is 29.0 Å². The number of halogens is 2. The molecule has 1 atom stereocenters. The molecule has 1 unspecified atom stereocenters. The Bertz CT molecular complexity index is 839. The van der Waals surface area contributed by atoms with Crippen molar-refractivity contribution in [2.24, 2.45) is 5.92 Å². The number of aryl methyl sites for hydroxylation is 2. The molecule has 3 rings (SSSR count). The molecule has 2 aromatic carbocycles. The lowest BCUT2D eigenvalue weighted by Crippen LogP contribution is -2.49. The summed E-state index contributed by atoms with van der Waals surface area (Å²) < 4.78 is 6.21. The van der Waals surface area contributed by atoms with Crippen LogP contribution in [0.2, 0.25) is 10.0 Å². The molecule has 144 valence electrons. The Morgan fingerprint density at radius 2 is 1.81 bits per heavy atom. The van der Waals surface area contributed by atoms with Gasteiger partial charge in [-0.15, -0.1) is 0 Å². The lowest BCUT2D eigenvalue weighted by molar-refractivity contribution is -0.147. The average Bonchev–Trinajstić information content (AvgIpc) is 2.55. The average molecular weight is 408 g/mol. The Balaban J connectivity index is 1.69. The third-order valence-electron chi connectivity index (χ3n) is 4.94. The van der Waals surface area contributed by atoms with E-state index in [4.69, 9.17) is 33.0 Å². The fraction of sp³-hybridized carbons (Fsp3) is 0.381. The SMILES string of the molecule is Cc1cc(CN2CC(C(=O)O)C2)cc(C)c1OC(C)c1ccc(Cl)c(Cl)c1. The molecule has 1 N–H and O–H groups in total. The maximum Gasteiger partial charge on any atom is 0.309 e. The molecule has 0 amide bonds. The Labute approximate surface area is 169 Å². The van der Waals surface area contributed by atoms with Crippen LogP contribution in [0.25, 0.3) is 0 Å². The zero-order valence-electron chi connectivity index (χ0n) is 15.6. The molecule has 1 heterocycles. The highest BCUT2D eigenvalue weighted by molar-refractivity contribution is 6.42. The third kappa shape index (κ3) is 4.57. The Kier molecular flexibility index (Phi) is 5.99. The predicted octanol–water partition coefficient (Wildman–Crippen LogP) is 5.27. The summed E-state index contributed by atoms with van der Waals surface area (Å²) in [7, 11) is 0. The lowest BCUT2D eigenvalue weighted by Gasteiger charge is -2.36. The molecule has 1 aliphatic heterocycles. The van der Waals surface area contributed by atoms with E-state index < -0.39 is 5.97 Å². The number of likely N-dealkylation sites (tertiary alicyclic amines) is 1. The highest BCUT2D eigenvalue weighted by Gasteiger charge is 2.32. The fourth-order valence-corrected chi connectivity index (χ4v) is 3.75. The van der Waals surface area contributed by atoms with E-state index in [0.29, 0.717) is 23.1 Å². The van der Waals surface area contributed by atoms with Crippen molar-refractivity contribution in [3.8, 4) is 5.75 Å². The molecule has 0 saturated carbocycles. The number of benzene rings is 2. The molecule has 1 aliphatic rings. The quantitative estimate of drug-likeness (QED) is 0.708. The van der Waals surface area contributed by atoms with Gasteiger partial charge in [0, 0.05) is 19.6 Å². The first kappa shape index (κ1) is 20.0. The third-order valence-corrected chi connectivity index (χ3v) is 5.68. The summed E-state index contributed by atoms with van der Waals surface area (Å²) in [5.74, 6) is -0.0788. The summed E-state index contributed by atoms with van der Waals surface area (Å²) in [5, 5.41) is 10.0. The van der Waals surface area contributed by atoms with Gasteiger partial charge in [0.05, 0.1) is 16.0 Å². The van der Waals surface area contributed by atoms with Gasteiger partial charge in [-0.2, -0.15) is 0 Å². The van der Waals surface area contributed by atoms with Crippen LogP contribution in [-0.2, 0) is 11.3 Å². The van der Waals surface area contributed by atoms with Crippen molar-refractivity contribution in [3.63, 3.8) is 0 Å². The van der Waals surface area contributed by atoms with Crippen molar-refractivity contribution in [2.75, 3.05) is 13.1 Å². The minimum absolute atomic E-state index is 0.158. The molecule has 0 aliphatic carbocycles. The minimum atomic E-state index is -0.710. The van der Waals surface area contributed by atoms with Crippen LogP contribution in [0.15, 0.2) is 30.3 Å². The van der Waals surface area contributed by atoms with Crippen LogP contribution in [0.3, 0.4) is 0 Å².